The van der Waals surface area contributed by atoms with Gasteiger partial charge in [-0.05, 0) is 30.4 Å². The number of benzene rings is 1. The van der Waals surface area contributed by atoms with Crippen LogP contribution in [0.2, 0.25) is 5.02 Å². The molecular formula is C25H34ClN3O4. The van der Waals surface area contributed by atoms with Crippen LogP contribution in [0.4, 0.5) is 0 Å². The van der Waals surface area contributed by atoms with Crippen molar-refractivity contribution in [1.82, 2.24) is 15.5 Å². The number of amides is 3. The number of terminal acetylenes is 1. The van der Waals surface area contributed by atoms with E-state index in [1.807, 2.05) is 20.8 Å². The fourth-order valence-corrected chi connectivity index (χ4v) is 4.05. The molecule has 8 heteroatoms. The van der Waals surface area contributed by atoms with Gasteiger partial charge in [-0.25, -0.2) is 0 Å². The lowest BCUT2D eigenvalue weighted by atomic mass is 9.85. The summed E-state index contributed by atoms with van der Waals surface area (Å²) in [5.74, 6) is 2.03. The van der Waals surface area contributed by atoms with Gasteiger partial charge in [-0.1, -0.05) is 52.1 Å². The van der Waals surface area contributed by atoms with Gasteiger partial charge in [-0.2, -0.15) is 0 Å². The van der Waals surface area contributed by atoms with Crippen molar-refractivity contribution in [1.29, 1.82) is 0 Å². The highest BCUT2D eigenvalue weighted by molar-refractivity contribution is 6.31. The molecule has 3 amide bonds. The first kappa shape index (κ1) is 26.5. The number of methoxy groups -OCH3 is 1. The molecule has 1 heterocycles. The van der Waals surface area contributed by atoms with Gasteiger partial charge in [-0.15, -0.1) is 6.42 Å². The average Bonchev–Trinajstić information content (AvgIpc) is 3.24. The monoisotopic (exact) mass is 475 g/mol. The molecule has 0 aliphatic carbocycles. The fraction of sp³-hybridized carbons (Fsp3) is 0.560. The maximum Gasteiger partial charge on any atom is 0.246 e. The Balaban J connectivity index is 2.17. The van der Waals surface area contributed by atoms with Crippen molar-refractivity contribution in [3.63, 3.8) is 0 Å². The van der Waals surface area contributed by atoms with E-state index < -0.39 is 17.5 Å². The van der Waals surface area contributed by atoms with Crippen LogP contribution < -0.4 is 15.4 Å². The summed E-state index contributed by atoms with van der Waals surface area (Å²) >= 11 is 6.35. The molecule has 7 nitrogen and oxygen atoms in total. The number of nitrogens with zero attached hydrogens (tertiary/aromatic N) is 1. The summed E-state index contributed by atoms with van der Waals surface area (Å²) in [7, 11) is 1.51. The molecule has 33 heavy (non-hydrogen) atoms. The van der Waals surface area contributed by atoms with Crippen LogP contribution in [0.15, 0.2) is 12.1 Å². The van der Waals surface area contributed by atoms with Gasteiger partial charge in [0, 0.05) is 30.1 Å². The molecular weight excluding hydrogens is 442 g/mol. The van der Waals surface area contributed by atoms with Crippen LogP contribution in [0.3, 0.4) is 0 Å². The Morgan fingerprint density at radius 1 is 1.30 bits per heavy atom. The predicted octanol–water partition coefficient (Wildman–Crippen LogP) is 3.12. The van der Waals surface area contributed by atoms with Gasteiger partial charge in [-0.3, -0.25) is 14.4 Å². The van der Waals surface area contributed by atoms with Gasteiger partial charge in [0.05, 0.1) is 12.1 Å². The third kappa shape index (κ3) is 6.42. The van der Waals surface area contributed by atoms with E-state index >= 15 is 0 Å². The molecule has 1 saturated heterocycles. The van der Waals surface area contributed by atoms with Crippen molar-refractivity contribution >= 4 is 29.3 Å². The van der Waals surface area contributed by atoms with Gasteiger partial charge in [0.2, 0.25) is 17.7 Å². The first-order valence-corrected chi connectivity index (χ1v) is 11.5. The zero-order valence-corrected chi connectivity index (χ0v) is 21.0. The molecule has 180 valence electrons. The third-order valence-electron chi connectivity index (χ3n) is 5.74. The summed E-state index contributed by atoms with van der Waals surface area (Å²) in [6.07, 6.45) is 6.70. The van der Waals surface area contributed by atoms with E-state index in [1.165, 1.54) is 7.11 Å². The molecule has 0 radical (unpaired) electrons. The van der Waals surface area contributed by atoms with E-state index in [1.54, 1.807) is 30.9 Å². The van der Waals surface area contributed by atoms with Crippen LogP contribution in [0.5, 0.6) is 5.75 Å². The van der Waals surface area contributed by atoms with E-state index in [2.05, 4.69) is 16.6 Å². The first-order chi connectivity index (χ1) is 15.4. The van der Waals surface area contributed by atoms with E-state index in [0.717, 1.165) is 0 Å². The molecule has 2 rings (SSSR count). The van der Waals surface area contributed by atoms with Crippen LogP contribution in [-0.2, 0) is 20.9 Å². The highest BCUT2D eigenvalue weighted by Gasteiger charge is 2.42. The molecule has 1 aromatic rings. The van der Waals surface area contributed by atoms with Crippen LogP contribution in [0.1, 0.15) is 58.6 Å². The van der Waals surface area contributed by atoms with Crippen molar-refractivity contribution in [2.24, 2.45) is 11.3 Å². The van der Waals surface area contributed by atoms with Crippen LogP contribution in [-0.4, -0.2) is 48.4 Å². The molecule has 1 aliphatic rings. The van der Waals surface area contributed by atoms with Crippen LogP contribution in [0, 0.1) is 23.7 Å². The van der Waals surface area contributed by atoms with Crippen molar-refractivity contribution in [2.75, 3.05) is 13.7 Å². The Morgan fingerprint density at radius 2 is 1.97 bits per heavy atom. The largest absolute Gasteiger partial charge is 0.496 e. The molecule has 2 N–H and O–H groups in total. The minimum Gasteiger partial charge on any atom is -0.496 e. The molecule has 0 bridgehead atoms. The first-order valence-electron chi connectivity index (χ1n) is 11.1. The maximum absolute atomic E-state index is 13.4. The predicted molar refractivity (Wildman–Crippen MR) is 129 cm³/mol. The lowest BCUT2D eigenvalue weighted by molar-refractivity contribution is -0.144. The van der Waals surface area contributed by atoms with E-state index in [4.69, 9.17) is 22.8 Å². The Morgan fingerprint density at radius 3 is 2.52 bits per heavy atom. The van der Waals surface area contributed by atoms with Gasteiger partial charge >= 0.3 is 0 Å². The average molecular weight is 476 g/mol. The van der Waals surface area contributed by atoms with Crippen molar-refractivity contribution in [3.05, 3.63) is 28.3 Å². The van der Waals surface area contributed by atoms with E-state index in [-0.39, 0.29) is 30.2 Å². The number of nitrogens with one attached hydrogen (secondary N) is 2. The molecule has 2 unspecified atom stereocenters. The van der Waals surface area contributed by atoms with Crippen molar-refractivity contribution < 1.29 is 19.1 Å². The third-order valence-corrected chi connectivity index (χ3v) is 6.08. The second-order valence-electron chi connectivity index (χ2n) is 9.65. The minimum absolute atomic E-state index is 0.136. The molecule has 0 saturated carbocycles. The zero-order chi connectivity index (χ0) is 24.9. The van der Waals surface area contributed by atoms with Crippen LogP contribution in [0.25, 0.3) is 0 Å². The number of rotatable bonds is 7. The molecule has 1 aromatic carbocycles. The summed E-state index contributed by atoms with van der Waals surface area (Å²) in [5, 5.41) is 6.15. The summed E-state index contributed by atoms with van der Waals surface area (Å²) in [6, 6.07) is 1.98. The zero-order valence-electron chi connectivity index (χ0n) is 20.3. The Labute approximate surface area is 201 Å². The number of halogens is 1. The number of hydrogen-bond acceptors (Lipinski definition) is 4. The second kappa shape index (κ2) is 10.9. The summed E-state index contributed by atoms with van der Waals surface area (Å²) in [4.78, 5) is 40.4. The SMILES string of the molecule is C#Cc1cc(Cl)c(CNC(=O)C2CCCN2C(=O)C(NC(=O)C(C)C)C(C)(C)C)c(OC)c1. The highest BCUT2D eigenvalue weighted by Crippen LogP contribution is 2.29. The minimum atomic E-state index is -0.730. The number of carbonyl (C=O) groups is 3. The summed E-state index contributed by atoms with van der Waals surface area (Å²) in [6.45, 7) is 9.85. The Bertz CT molecular complexity index is 946. The normalized spacial score (nSPS) is 16.8. The quantitative estimate of drug-likeness (QED) is 0.593. The lowest BCUT2D eigenvalue weighted by Crippen LogP contribution is -2.58. The number of likely N-dealkylation sites (tertiary alicyclic amines) is 1. The Kier molecular flexibility index (Phi) is 8.79. The van der Waals surface area contributed by atoms with E-state index in [0.29, 0.717) is 41.3 Å². The van der Waals surface area contributed by atoms with Gasteiger partial charge in [0.25, 0.3) is 0 Å². The smallest absolute Gasteiger partial charge is 0.246 e. The van der Waals surface area contributed by atoms with E-state index in [9.17, 15) is 14.4 Å². The van der Waals surface area contributed by atoms with Gasteiger partial charge in [0.1, 0.15) is 17.8 Å². The molecule has 2 atom stereocenters. The van der Waals surface area contributed by atoms with Gasteiger partial charge < -0.3 is 20.3 Å². The maximum atomic E-state index is 13.4. The topological polar surface area (TPSA) is 87.7 Å². The number of carbonyl (C=O) groups excluding carboxylic acids is 3. The number of ether oxygens (including phenoxy) is 1. The van der Waals surface area contributed by atoms with Gasteiger partial charge in [0.15, 0.2) is 0 Å². The molecule has 0 spiro atoms. The molecule has 1 aliphatic heterocycles. The summed E-state index contributed by atoms with van der Waals surface area (Å²) in [5.41, 5.74) is 0.681. The van der Waals surface area contributed by atoms with Crippen molar-refractivity contribution in [2.45, 2.75) is 66.1 Å². The highest BCUT2D eigenvalue weighted by atomic mass is 35.5. The summed E-state index contributed by atoms with van der Waals surface area (Å²) < 4.78 is 5.37. The lowest BCUT2D eigenvalue weighted by Gasteiger charge is -2.35. The number of hydrogen-bond donors (Lipinski definition) is 2. The second-order valence-corrected chi connectivity index (χ2v) is 10.1. The molecule has 0 aromatic heterocycles. The van der Waals surface area contributed by atoms with Crippen LogP contribution >= 0.6 is 11.6 Å². The standard InChI is InChI=1S/C25H34ClN3O4/c1-8-16-12-18(26)17(20(13-16)33-7)14-27-23(31)19-10-9-11-29(19)24(32)21(25(4,5)6)28-22(30)15(2)3/h1,12-13,15,19,21H,9-11,14H2,2-7H3,(H,27,31)(H,28,30). The Hall–Kier alpha value is -2.72. The fourth-order valence-electron chi connectivity index (χ4n) is 3.77. The van der Waals surface area contributed by atoms with Crippen molar-refractivity contribution in [3.8, 4) is 18.1 Å². The molecule has 1 fully saturated rings.